The molecule has 1 amide bonds. The molecule has 0 aliphatic heterocycles. The zero-order valence-corrected chi connectivity index (χ0v) is 12.5. The number of carbonyl (C=O) groups excluding carboxylic acids is 1. The molecule has 0 bridgehead atoms. The monoisotopic (exact) mass is 292 g/mol. The van der Waals surface area contributed by atoms with Crippen molar-refractivity contribution in [2.24, 2.45) is 5.92 Å². The summed E-state index contributed by atoms with van der Waals surface area (Å²) in [6.07, 6.45) is 4.11. The van der Waals surface area contributed by atoms with Gasteiger partial charge in [-0.2, -0.15) is 0 Å². The van der Waals surface area contributed by atoms with Crippen molar-refractivity contribution in [1.29, 1.82) is 0 Å². The quantitative estimate of drug-likeness (QED) is 0.625. The second-order valence-corrected chi connectivity index (χ2v) is 5.35. The van der Waals surface area contributed by atoms with Gasteiger partial charge in [-0.1, -0.05) is 13.3 Å². The fraction of sp³-hybridized carbons (Fsp3) is 0.467. The Morgan fingerprint density at radius 1 is 1.35 bits per heavy atom. The van der Waals surface area contributed by atoms with E-state index in [1.807, 2.05) is 24.3 Å². The fourth-order valence-electron chi connectivity index (χ4n) is 1.69. The molecule has 108 valence electrons. The lowest BCUT2D eigenvalue weighted by molar-refractivity contribution is -0.120. The lowest BCUT2D eigenvalue weighted by atomic mass is 10.3. The molecule has 1 fully saturated rings. The Hall–Kier alpha value is -1.62. The number of unbranched alkanes of at least 4 members (excludes halogenated alkanes) is 1. The van der Waals surface area contributed by atoms with Gasteiger partial charge in [0.1, 0.15) is 5.75 Å². The number of amides is 1. The molecule has 1 aliphatic carbocycles. The lowest BCUT2D eigenvalue weighted by Crippen LogP contribution is -2.35. The van der Waals surface area contributed by atoms with E-state index in [0.29, 0.717) is 5.11 Å². The molecule has 1 aromatic carbocycles. The van der Waals surface area contributed by atoms with E-state index in [2.05, 4.69) is 17.6 Å². The van der Waals surface area contributed by atoms with Crippen LogP contribution < -0.4 is 15.4 Å². The molecule has 0 unspecified atom stereocenters. The summed E-state index contributed by atoms with van der Waals surface area (Å²) in [5, 5.41) is 6.04. The van der Waals surface area contributed by atoms with Crippen LogP contribution in [0.3, 0.4) is 0 Å². The number of hydrogen-bond acceptors (Lipinski definition) is 3. The summed E-state index contributed by atoms with van der Waals surface area (Å²) in [4.78, 5) is 11.5. The number of anilines is 1. The molecule has 4 nitrogen and oxygen atoms in total. The van der Waals surface area contributed by atoms with Crippen molar-refractivity contribution in [3.05, 3.63) is 24.3 Å². The molecule has 1 saturated carbocycles. The first-order chi connectivity index (χ1) is 9.69. The zero-order valence-electron chi connectivity index (χ0n) is 11.6. The van der Waals surface area contributed by atoms with Gasteiger partial charge in [0.15, 0.2) is 5.11 Å². The fourth-order valence-corrected chi connectivity index (χ4v) is 1.91. The Balaban J connectivity index is 1.77. The summed E-state index contributed by atoms with van der Waals surface area (Å²) in [5.41, 5.74) is 0.842. The summed E-state index contributed by atoms with van der Waals surface area (Å²) in [6.45, 7) is 2.87. The first-order valence-corrected chi connectivity index (χ1v) is 7.44. The smallest absolute Gasteiger partial charge is 0.229 e. The standard InChI is InChI=1S/C15H20N2O2S/c1-2-3-10-19-13-8-6-12(7-9-13)16-15(20)17-14(18)11-4-5-11/h6-9,11H,2-5,10H2,1H3,(H2,16,17,18,20). The van der Waals surface area contributed by atoms with E-state index >= 15 is 0 Å². The summed E-state index contributed by atoms with van der Waals surface area (Å²) >= 11 is 5.10. The van der Waals surface area contributed by atoms with E-state index in [0.717, 1.165) is 43.7 Å². The van der Waals surface area contributed by atoms with Crippen LogP contribution >= 0.6 is 12.2 Å². The van der Waals surface area contributed by atoms with Crippen LogP contribution in [0, 0.1) is 5.92 Å². The van der Waals surface area contributed by atoms with Gasteiger partial charge in [-0.25, -0.2) is 0 Å². The summed E-state index contributed by atoms with van der Waals surface area (Å²) in [7, 11) is 0. The molecule has 20 heavy (non-hydrogen) atoms. The van der Waals surface area contributed by atoms with Crippen LogP contribution in [-0.4, -0.2) is 17.6 Å². The molecule has 1 aliphatic rings. The van der Waals surface area contributed by atoms with Gasteiger partial charge in [-0.3, -0.25) is 4.79 Å². The minimum atomic E-state index is 0.0158. The number of hydrogen-bond donors (Lipinski definition) is 2. The number of thiocarbonyl (C=S) groups is 1. The van der Waals surface area contributed by atoms with Crippen LogP contribution in [0.2, 0.25) is 0 Å². The first kappa shape index (κ1) is 14.8. The lowest BCUT2D eigenvalue weighted by Gasteiger charge is -2.10. The van der Waals surface area contributed by atoms with Gasteiger partial charge >= 0.3 is 0 Å². The Labute approximate surface area is 124 Å². The molecular formula is C15H20N2O2S. The summed E-state index contributed by atoms with van der Waals surface area (Å²) in [6, 6.07) is 7.56. The van der Waals surface area contributed by atoms with Gasteiger partial charge in [-0.05, 0) is 55.7 Å². The molecule has 0 saturated heterocycles. The van der Waals surface area contributed by atoms with Gasteiger partial charge < -0.3 is 15.4 Å². The van der Waals surface area contributed by atoms with Gasteiger partial charge in [0.2, 0.25) is 5.91 Å². The highest BCUT2D eigenvalue weighted by molar-refractivity contribution is 7.80. The van der Waals surface area contributed by atoms with Crippen LogP contribution in [0.1, 0.15) is 32.6 Å². The Bertz CT molecular complexity index is 469. The maximum atomic E-state index is 11.5. The Morgan fingerprint density at radius 2 is 2.05 bits per heavy atom. The van der Waals surface area contributed by atoms with E-state index < -0.39 is 0 Å². The van der Waals surface area contributed by atoms with Gasteiger partial charge in [-0.15, -0.1) is 0 Å². The van der Waals surface area contributed by atoms with Crippen LogP contribution in [0.5, 0.6) is 5.75 Å². The maximum Gasteiger partial charge on any atom is 0.229 e. The molecule has 0 atom stereocenters. The SMILES string of the molecule is CCCCOc1ccc(NC(=S)NC(=O)C2CC2)cc1. The zero-order chi connectivity index (χ0) is 14.4. The topological polar surface area (TPSA) is 50.4 Å². The molecule has 2 N–H and O–H groups in total. The summed E-state index contributed by atoms with van der Waals surface area (Å²) < 4.78 is 5.58. The van der Waals surface area contributed by atoms with Gasteiger partial charge in [0.05, 0.1) is 6.61 Å². The van der Waals surface area contributed by atoms with E-state index in [1.165, 1.54) is 0 Å². The number of carbonyl (C=O) groups is 1. The highest BCUT2D eigenvalue weighted by Crippen LogP contribution is 2.28. The van der Waals surface area contributed by atoms with Crippen molar-refractivity contribution >= 4 is 28.9 Å². The highest BCUT2D eigenvalue weighted by Gasteiger charge is 2.29. The van der Waals surface area contributed by atoms with E-state index in [1.54, 1.807) is 0 Å². The third kappa shape index (κ3) is 4.81. The first-order valence-electron chi connectivity index (χ1n) is 7.03. The van der Waals surface area contributed by atoms with Crippen LogP contribution in [0.25, 0.3) is 0 Å². The Kier molecular flexibility index (Phi) is 5.35. The summed E-state index contributed by atoms with van der Waals surface area (Å²) in [5.74, 6) is 1.02. The second kappa shape index (κ2) is 7.24. The number of nitrogens with one attached hydrogen (secondary N) is 2. The predicted octanol–water partition coefficient (Wildman–Crippen LogP) is 3.09. The largest absolute Gasteiger partial charge is 0.494 e. The van der Waals surface area contributed by atoms with Crippen molar-refractivity contribution in [2.45, 2.75) is 32.6 Å². The minimum absolute atomic E-state index is 0.0158. The second-order valence-electron chi connectivity index (χ2n) is 4.94. The molecule has 2 rings (SSSR count). The maximum absolute atomic E-state index is 11.5. The van der Waals surface area contributed by atoms with Gasteiger partial charge in [0, 0.05) is 11.6 Å². The third-order valence-corrected chi connectivity index (χ3v) is 3.27. The van der Waals surface area contributed by atoms with Crippen LogP contribution in [0.15, 0.2) is 24.3 Å². The van der Waals surface area contributed by atoms with E-state index in [-0.39, 0.29) is 11.8 Å². The minimum Gasteiger partial charge on any atom is -0.494 e. The average Bonchev–Trinajstić information content (AvgIpc) is 3.25. The van der Waals surface area contributed by atoms with Crippen molar-refractivity contribution in [1.82, 2.24) is 5.32 Å². The van der Waals surface area contributed by atoms with Crippen LogP contribution in [-0.2, 0) is 4.79 Å². The number of benzene rings is 1. The molecule has 5 heteroatoms. The molecule has 0 spiro atoms. The Morgan fingerprint density at radius 3 is 2.65 bits per heavy atom. The van der Waals surface area contributed by atoms with Gasteiger partial charge in [0.25, 0.3) is 0 Å². The van der Waals surface area contributed by atoms with Crippen molar-refractivity contribution in [3.8, 4) is 5.75 Å². The number of rotatable bonds is 6. The van der Waals surface area contributed by atoms with Crippen molar-refractivity contribution in [3.63, 3.8) is 0 Å². The molecule has 1 aromatic rings. The van der Waals surface area contributed by atoms with E-state index in [9.17, 15) is 4.79 Å². The average molecular weight is 292 g/mol. The molecular weight excluding hydrogens is 272 g/mol. The predicted molar refractivity (Wildman–Crippen MR) is 83.9 cm³/mol. The molecule has 0 aromatic heterocycles. The highest BCUT2D eigenvalue weighted by atomic mass is 32.1. The molecule has 0 heterocycles. The normalized spacial score (nSPS) is 13.7. The van der Waals surface area contributed by atoms with Crippen molar-refractivity contribution in [2.75, 3.05) is 11.9 Å². The number of ether oxygens (including phenoxy) is 1. The molecule has 0 radical (unpaired) electrons. The van der Waals surface area contributed by atoms with E-state index in [4.69, 9.17) is 17.0 Å². The van der Waals surface area contributed by atoms with Crippen molar-refractivity contribution < 1.29 is 9.53 Å². The van der Waals surface area contributed by atoms with Crippen LogP contribution in [0.4, 0.5) is 5.69 Å². The third-order valence-electron chi connectivity index (χ3n) is 3.06.